The second kappa shape index (κ2) is 5.66. The van der Waals surface area contributed by atoms with Crippen molar-refractivity contribution in [1.82, 2.24) is 0 Å². The van der Waals surface area contributed by atoms with Crippen LogP contribution in [0.25, 0.3) is 0 Å². The molecule has 1 aromatic rings. The van der Waals surface area contributed by atoms with Gasteiger partial charge >= 0.3 is 0 Å². The van der Waals surface area contributed by atoms with Crippen molar-refractivity contribution in [3.63, 3.8) is 0 Å². The van der Waals surface area contributed by atoms with Gasteiger partial charge in [0.15, 0.2) is 0 Å². The molecule has 1 aromatic carbocycles. The number of nitriles is 1. The van der Waals surface area contributed by atoms with Gasteiger partial charge in [-0.1, -0.05) is 28.1 Å². The minimum atomic E-state index is 0.566. The number of halogens is 1. The molecule has 0 aliphatic rings. The smallest absolute Gasteiger partial charge is 0.0640 e. The molecule has 0 heterocycles. The van der Waals surface area contributed by atoms with Gasteiger partial charge in [-0.3, -0.25) is 0 Å². The van der Waals surface area contributed by atoms with E-state index in [4.69, 9.17) is 5.26 Å². The monoisotopic (exact) mass is 252 g/mol. The molecule has 74 valence electrons. The minimum absolute atomic E-state index is 0.566. The summed E-state index contributed by atoms with van der Waals surface area (Å²) in [5, 5.41) is 9.35. The fourth-order valence-electron chi connectivity index (χ4n) is 1.19. The van der Waals surface area contributed by atoms with E-state index in [1.54, 1.807) is 0 Å². The van der Waals surface area contributed by atoms with Gasteiger partial charge in [0.05, 0.1) is 12.5 Å². The SMILES string of the molecule is CN(CCC#N)c1ccc(CBr)cc1. The van der Waals surface area contributed by atoms with Crippen LogP contribution in [0.2, 0.25) is 0 Å². The predicted molar refractivity (Wildman–Crippen MR) is 62.6 cm³/mol. The van der Waals surface area contributed by atoms with Gasteiger partial charge in [0.2, 0.25) is 0 Å². The van der Waals surface area contributed by atoms with Gasteiger partial charge in [-0.2, -0.15) is 5.26 Å². The van der Waals surface area contributed by atoms with Crippen molar-refractivity contribution >= 4 is 21.6 Å². The Balaban J connectivity index is 2.62. The lowest BCUT2D eigenvalue weighted by molar-refractivity contribution is 0.905. The lowest BCUT2D eigenvalue weighted by Crippen LogP contribution is -2.17. The van der Waals surface area contributed by atoms with Crippen LogP contribution in [0.1, 0.15) is 12.0 Å². The zero-order valence-corrected chi connectivity index (χ0v) is 9.79. The fraction of sp³-hybridized carbons (Fsp3) is 0.364. The average molecular weight is 253 g/mol. The lowest BCUT2D eigenvalue weighted by atomic mass is 10.2. The van der Waals surface area contributed by atoms with Crippen LogP contribution in [0.4, 0.5) is 5.69 Å². The number of hydrogen-bond acceptors (Lipinski definition) is 2. The first-order valence-electron chi connectivity index (χ1n) is 4.51. The molecule has 0 amide bonds. The second-order valence-corrected chi connectivity index (χ2v) is 3.69. The Morgan fingerprint density at radius 2 is 2.00 bits per heavy atom. The first kappa shape index (κ1) is 11.1. The third kappa shape index (κ3) is 3.04. The molecule has 0 saturated carbocycles. The van der Waals surface area contributed by atoms with Gasteiger partial charge in [0.1, 0.15) is 0 Å². The van der Waals surface area contributed by atoms with Crippen LogP contribution < -0.4 is 4.90 Å². The summed E-state index contributed by atoms with van der Waals surface area (Å²) in [5.74, 6) is 0. The van der Waals surface area contributed by atoms with Crippen LogP contribution in [0, 0.1) is 11.3 Å². The van der Waals surface area contributed by atoms with Crippen molar-refractivity contribution in [2.45, 2.75) is 11.8 Å². The molecule has 0 atom stereocenters. The van der Waals surface area contributed by atoms with Crippen LogP contribution in [-0.4, -0.2) is 13.6 Å². The van der Waals surface area contributed by atoms with Crippen molar-refractivity contribution < 1.29 is 0 Å². The van der Waals surface area contributed by atoms with Gasteiger partial charge in [-0.15, -0.1) is 0 Å². The third-order valence-electron chi connectivity index (χ3n) is 2.09. The highest BCUT2D eigenvalue weighted by Gasteiger charge is 1.99. The lowest BCUT2D eigenvalue weighted by Gasteiger charge is -2.17. The number of benzene rings is 1. The molecule has 0 spiro atoms. The van der Waals surface area contributed by atoms with Crippen LogP contribution in [-0.2, 0) is 5.33 Å². The molecule has 1 rings (SSSR count). The molecule has 0 N–H and O–H groups in total. The zero-order valence-electron chi connectivity index (χ0n) is 8.20. The van der Waals surface area contributed by atoms with E-state index < -0.39 is 0 Å². The van der Waals surface area contributed by atoms with Gasteiger partial charge in [0.25, 0.3) is 0 Å². The molecule has 0 bridgehead atoms. The Hall–Kier alpha value is -1.01. The van der Waals surface area contributed by atoms with Crippen molar-refractivity contribution in [3.8, 4) is 6.07 Å². The van der Waals surface area contributed by atoms with Crippen LogP contribution in [0.3, 0.4) is 0 Å². The molecule has 0 aliphatic carbocycles. The average Bonchev–Trinajstić information content (AvgIpc) is 2.26. The van der Waals surface area contributed by atoms with Gasteiger partial charge < -0.3 is 4.90 Å². The van der Waals surface area contributed by atoms with E-state index in [9.17, 15) is 0 Å². The Labute approximate surface area is 93.3 Å². The highest BCUT2D eigenvalue weighted by atomic mass is 79.9. The molecular formula is C11H13BrN2. The van der Waals surface area contributed by atoms with Gasteiger partial charge in [-0.25, -0.2) is 0 Å². The maximum absolute atomic E-state index is 8.46. The summed E-state index contributed by atoms with van der Waals surface area (Å²) in [6, 6.07) is 10.5. The summed E-state index contributed by atoms with van der Waals surface area (Å²) >= 11 is 3.40. The summed E-state index contributed by atoms with van der Waals surface area (Å²) < 4.78 is 0. The summed E-state index contributed by atoms with van der Waals surface area (Å²) in [5.41, 5.74) is 2.42. The number of anilines is 1. The molecule has 2 nitrogen and oxygen atoms in total. The fourth-order valence-corrected chi connectivity index (χ4v) is 1.56. The number of hydrogen-bond donors (Lipinski definition) is 0. The third-order valence-corrected chi connectivity index (χ3v) is 2.74. The van der Waals surface area contributed by atoms with Crippen molar-refractivity contribution in [2.24, 2.45) is 0 Å². The largest absolute Gasteiger partial charge is 0.374 e. The van der Waals surface area contributed by atoms with E-state index >= 15 is 0 Å². The van der Waals surface area contributed by atoms with Crippen molar-refractivity contribution in [1.29, 1.82) is 5.26 Å². The van der Waals surface area contributed by atoms with E-state index in [2.05, 4.69) is 51.2 Å². The molecule has 0 unspecified atom stereocenters. The van der Waals surface area contributed by atoms with Crippen molar-refractivity contribution in [3.05, 3.63) is 29.8 Å². The van der Waals surface area contributed by atoms with E-state index in [1.807, 2.05) is 7.05 Å². The number of nitrogens with zero attached hydrogens (tertiary/aromatic N) is 2. The summed E-state index contributed by atoms with van der Waals surface area (Å²) in [6.45, 7) is 0.782. The highest BCUT2D eigenvalue weighted by Crippen LogP contribution is 2.15. The quantitative estimate of drug-likeness (QED) is 0.771. The Morgan fingerprint density at radius 3 is 2.50 bits per heavy atom. The zero-order chi connectivity index (χ0) is 10.4. The summed E-state index contributed by atoms with van der Waals surface area (Å²) in [4.78, 5) is 2.08. The Bertz CT molecular complexity index is 313. The minimum Gasteiger partial charge on any atom is -0.374 e. The van der Waals surface area contributed by atoms with E-state index in [-0.39, 0.29) is 0 Å². The molecule has 0 aliphatic heterocycles. The van der Waals surface area contributed by atoms with Crippen LogP contribution in [0.5, 0.6) is 0 Å². The summed E-state index contributed by atoms with van der Waals surface area (Å²) in [7, 11) is 2.00. The maximum Gasteiger partial charge on any atom is 0.0640 e. The van der Waals surface area contributed by atoms with E-state index in [0.29, 0.717) is 6.42 Å². The predicted octanol–water partition coefficient (Wildman–Crippen LogP) is 2.93. The molecule has 0 radical (unpaired) electrons. The molecule has 0 aromatic heterocycles. The number of alkyl halides is 1. The van der Waals surface area contributed by atoms with E-state index in [1.165, 1.54) is 5.56 Å². The summed E-state index contributed by atoms with van der Waals surface area (Å²) in [6.07, 6.45) is 0.566. The molecule has 0 saturated heterocycles. The standard InChI is InChI=1S/C11H13BrN2/c1-14(8-2-7-13)11-5-3-10(9-12)4-6-11/h3-6H,2,8-9H2,1H3. The normalized spacial score (nSPS) is 9.50. The first-order chi connectivity index (χ1) is 6.77. The molecule has 3 heteroatoms. The topological polar surface area (TPSA) is 27.0 Å². The first-order valence-corrected chi connectivity index (χ1v) is 5.63. The second-order valence-electron chi connectivity index (χ2n) is 3.13. The number of rotatable bonds is 4. The Morgan fingerprint density at radius 1 is 1.36 bits per heavy atom. The van der Waals surface area contributed by atoms with E-state index in [0.717, 1.165) is 17.6 Å². The molecular weight excluding hydrogens is 240 g/mol. The highest BCUT2D eigenvalue weighted by molar-refractivity contribution is 9.08. The maximum atomic E-state index is 8.46. The Kier molecular flexibility index (Phi) is 4.48. The van der Waals surface area contributed by atoms with Crippen LogP contribution in [0.15, 0.2) is 24.3 Å². The van der Waals surface area contributed by atoms with Gasteiger partial charge in [0, 0.05) is 24.6 Å². The van der Waals surface area contributed by atoms with Crippen LogP contribution >= 0.6 is 15.9 Å². The molecule has 0 fully saturated rings. The van der Waals surface area contributed by atoms with Gasteiger partial charge in [-0.05, 0) is 17.7 Å². The van der Waals surface area contributed by atoms with Crippen molar-refractivity contribution in [2.75, 3.05) is 18.5 Å². The molecule has 14 heavy (non-hydrogen) atoms.